The van der Waals surface area contributed by atoms with E-state index in [1.165, 1.54) is 19.3 Å². The Morgan fingerprint density at radius 3 is 2.88 bits per heavy atom. The third kappa shape index (κ3) is 2.97. The molecule has 0 aromatic carbocycles. The van der Waals surface area contributed by atoms with Crippen molar-refractivity contribution in [3.8, 4) is 0 Å². The van der Waals surface area contributed by atoms with Gasteiger partial charge >= 0.3 is 5.97 Å². The predicted molar refractivity (Wildman–Crippen MR) is 63.2 cm³/mol. The van der Waals surface area contributed by atoms with Gasteiger partial charge in [-0.25, -0.2) is 0 Å². The topological polar surface area (TPSA) is 38.3 Å². The van der Waals surface area contributed by atoms with Crippen LogP contribution >= 0.6 is 0 Å². The second-order valence-corrected chi connectivity index (χ2v) is 5.15. The van der Waals surface area contributed by atoms with Crippen LogP contribution in [0.2, 0.25) is 0 Å². The fourth-order valence-corrected chi connectivity index (χ4v) is 2.85. The highest BCUT2D eigenvalue weighted by Gasteiger charge is 2.28. The third-order valence-electron chi connectivity index (χ3n) is 3.94. The lowest BCUT2D eigenvalue weighted by atomic mass is 9.85. The monoisotopic (exact) mass is 225 g/mol. The fourth-order valence-electron chi connectivity index (χ4n) is 2.85. The second-order valence-electron chi connectivity index (χ2n) is 5.15. The summed E-state index contributed by atoms with van der Waals surface area (Å²) in [6, 6.07) is -0.0259. The molecule has 1 N–H and O–H groups in total. The minimum atomic E-state index is -0.0259. The summed E-state index contributed by atoms with van der Waals surface area (Å²) < 4.78 is 5.61. The molecular formula is C13H23NO2. The van der Waals surface area contributed by atoms with Gasteiger partial charge in [0.05, 0.1) is 0 Å². The largest absolute Gasteiger partial charge is 0.461 e. The van der Waals surface area contributed by atoms with E-state index in [0.29, 0.717) is 0 Å². The lowest BCUT2D eigenvalue weighted by Gasteiger charge is -2.28. The van der Waals surface area contributed by atoms with Gasteiger partial charge in [0, 0.05) is 0 Å². The van der Waals surface area contributed by atoms with E-state index in [1.54, 1.807) is 0 Å². The zero-order valence-electron chi connectivity index (χ0n) is 10.2. The number of hydrogen-bond acceptors (Lipinski definition) is 3. The maximum atomic E-state index is 11.8. The molecule has 3 heteroatoms. The molecule has 0 radical (unpaired) electrons. The molecule has 0 aromatic rings. The molecule has 0 aromatic heterocycles. The molecule has 2 unspecified atom stereocenters. The fraction of sp³-hybridized carbons (Fsp3) is 0.923. The van der Waals surface area contributed by atoms with Gasteiger partial charge in [-0.2, -0.15) is 0 Å². The number of nitrogens with one attached hydrogen (secondary N) is 1. The van der Waals surface area contributed by atoms with Crippen LogP contribution in [0.15, 0.2) is 0 Å². The SMILES string of the molecule is CCC1CCCC(OC(=O)[C@@H]2CCCN2)C1. The van der Waals surface area contributed by atoms with Crippen LogP contribution in [-0.2, 0) is 9.53 Å². The molecule has 1 heterocycles. The van der Waals surface area contributed by atoms with Crippen LogP contribution in [0.4, 0.5) is 0 Å². The average molecular weight is 225 g/mol. The van der Waals surface area contributed by atoms with Gasteiger partial charge in [0.15, 0.2) is 0 Å². The van der Waals surface area contributed by atoms with Gasteiger partial charge in [-0.3, -0.25) is 4.79 Å². The second kappa shape index (κ2) is 5.67. The molecule has 0 spiro atoms. The van der Waals surface area contributed by atoms with Crippen LogP contribution in [-0.4, -0.2) is 24.7 Å². The Hall–Kier alpha value is -0.570. The van der Waals surface area contributed by atoms with Crippen LogP contribution in [0.5, 0.6) is 0 Å². The zero-order chi connectivity index (χ0) is 11.4. The number of carbonyl (C=O) groups is 1. The van der Waals surface area contributed by atoms with E-state index in [1.807, 2.05) is 0 Å². The summed E-state index contributed by atoms with van der Waals surface area (Å²) in [5.74, 6) is 0.752. The van der Waals surface area contributed by atoms with E-state index >= 15 is 0 Å². The standard InChI is InChI=1S/C13H23NO2/c1-2-10-5-3-6-11(9-10)16-13(15)12-7-4-8-14-12/h10-12,14H,2-9H2,1H3/t10?,11?,12-/m0/s1. The minimum absolute atomic E-state index is 0.0146. The zero-order valence-corrected chi connectivity index (χ0v) is 10.2. The van der Waals surface area contributed by atoms with E-state index in [-0.39, 0.29) is 18.1 Å². The third-order valence-corrected chi connectivity index (χ3v) is 3.94. The smallest absolute Gasteiger partial charge is 0.323 e. The molecule has 1 aliphatic carbocycles. The lowest BCUT2D eigenvalue weighted by molar-refractivity contribution is -0.153. The maximum Gasteiger partial charge on any atom is 0.323 e. The highest BCUT2D eigenvalue weighted by atomic mass is 16.5. The van der Waals surface area contributed by atoms with Gasteiger partial charge in [0.1, 0.15) is 12.1 Å². The van der Waals surface area contributed by atoms with Crippen LogP contribution in [0.3, 0.4) is 0 Å². The summed E-state index contributed by atoms with van der Waals surface area (Å²) in [4.78, 5) is 11.8. The van der Waals surface area contributed by atoms with Crippen molar-refractivity contribution in [1.82, 2.24) is 5.32 Å². The molecule has 0 bridgehead atoms. The summed E-state index contributed by atoms with van der Waals surface area (Å²) in [5, 5.41) is 3.20. The molecule has 16 heavy (non-hydrogen) atoms. The van der Waals surface area contributed by atoms with Crippen LogP contribution in [0, 0.1) is 5.92 Å². The van der Waals surface area contributed by atoms with Crippen LogP contribution < -0.4 is 5.32 Å². The molecule has 3 nitrogen and oxygen atoms in total. The number of carbonyl (C=O) groups excluding carboxylic acids is 1. The average Bonchev–Trinajstić information content (AvgIpc) is 2.83. The van der Waals surface area contributed by atoms with E-state index < -0.39 is 0 Å². The normalized spacial score (nSPS) is 34.9. The molecule has 2 rings (SSSR count). The van der Waals surface area contributed by atoms with Crippen molar-refractivity contribution in [2.24, 2.45) is 5.92 Å². The Labute approximate surface area is 97.9 Å². The van der Waals surface area contributed by atoms with Gasteiger partial charge in [0.2, 0.25) is 0 Å². The Morgan fingerprint density at radius 2 is 2.19 bits per heavy atom. The number of hydrogen-bond donors (Lipinski definition) is 1. The van der Waals surface area contributed by atoms with E-state index in [9.17, 15) is 4.79 Å². The van der Waals surface area contributed by atoms with Gasteiger partial charge in [-0.1, -0.05) is 19.8 Å². The molecule has 2 fully saturated rings. The van der Waals surface area contributed by atoms with Crippen molar-refractivity contribution < 1.29 is 9.53 Å². The molecule has 1 saturated heterocycles. The summed E-state index contributed by atoms with van der Waals surface area (Å²) in [6.45, 7) is 3.19. The number of rotatable bonds is 3. The van der Waals surface area contributed by atoms with E-state index in [0.717, 1.165) is 38.1 Å². The van der Waals surface area contributed by atoms with Crippen molar-refractivity contribution in [3.63, 3.8) is 0 Å². The van der Waals surface area contributed by atoms with E-state index in [2.05, 4.69) is 12.2 Å². The first-order valence-electron chi connectivity index (χ1n) is 6.73. The predicted octanol–water partition coefficient (Wildman–Crippen LogP) is 2.25. The molecule has 2 aliphatic rings. The Kier molecular flexibility index (Phi) is 4.22. The number of esters is 1. The Bertz CT molecular complexity index is 236. The summed E-state index contributed by atoms with van der Waals surface area (Å²) in [5.41, 5.74) is 0. The molecule has 1 saturated carbocycles. The molecule has 0 amide bonds. The first kappa shape index (κ1) is 11.9. The van der Waals surface area contributed by atoms with Gasteiger partial charge in [-0.05, 0) is 44.6 Å². The summed E-state index contributed by atoms with van der Waals surface area (Å²) in [7, 11) is 0. The van der Waals surface area contributed by atoms with Gasteiger partial charge in [0.25, 0.3) is 0 Å². The highest BCUT2D eigenvalue weighted by molar-refractivity contribution is 5.76. The first-order chi connectivity index (χ1) is 7.79. The van der Waals surface area contributed by atoms with Crippen molar-refractivity contribution >= 4 is 5.97 Å². The van der Waals surface area contributed by atoms with Crippen molar-refractivity contribution in [2.45, 2.75) is 64.0 Å². The molecular weight excluding hydrogens is 202 g/mol. The quantitative estimate of drug-likeness (QED) is 0.749. The Morgan fingerprint density at radius 1 is 1.31 bits per heavy atom. The van der Waals surface area contributed by atoms with Crippen LogP contribution in [0.25, 0.3) is 0 Å². The molecule has 3 atom stereocenters. The minimum Gasteiger partial charge on any atom is -0.461 e. The first-order valence-corrected chi connectivity index (χ1v) is 6.73. The van der Waals surface area contributed by atoms with E-state index in [4.69, 9.17) is 4.74 Å². The summed E-state index contributed by atoms with van der Waals surface area (Å²) in [6.07, 6.45) is 8.12. The summed E-state index contributed by atoms with van der Waals surface area (Å²) >= 11 is 0. The Balaban J connectivity index is 1.77. The van der Waals surface area contributed by atoms with Gasteiger partial charge in [-0.15, -0.1) is 0 Å². The molecule has 92 valence electrons. The van der Waals surface area contributed by atoms with Crippen LogP contribution in [0.1, 0.15) is 51.9 Å². The van der Waals surface area contributed by atoms with Gasteiger partial charge < -0.3 is 10.1 Å². The van der Waals surface area contributed by atoms with Crippen molar-refractivity contribution in [2.75, 3.05) is 6.54 Å². The molecule has 1 aliphatic heterocycles. The van der Waals surface area contributed by atoms with Crippen molar-refractivity contribution in [1.29, 1.82) is 0 Å². The number of ether oxygens (including phenoxy) is 1. The van der Waals surface area contributed by atoms with Crippen molar-refractivity contribution in [3.05, 3.63) is 0 Å². The maximum absolute atomic E-state index is 11.8. The highest BCUT2D eigenvalue weighted by Crippen LogP contribution is 2.28. The lowest BCUT2D eigenvalue weighted by Crippen LogP contribution is -2.36.